The highest BCUT2D eigenvalue weighted by Gasteiger charge is 2.20. The molecule has 0 radical (unpaired) electrons. The molecule has 0 bridgehead atoms. The molecule has 1 aromatic carbocycles. The van der Waals surface area contributed by atoms with Crippen LogP contribution in [0.1, 0.15) is 32.3 Å². The first-order chi connectivity index (χ1) is 8.56. The molecule has 2 rings (SSSR count). The number of benzene rings is 1. The first-order valence-electron chi connectivity index (χ1n) is 6.45. The molecule has 0 atom stereocenters. The Labute approximate surface area is 123 Å². The monoisotopic (exact) mass is 327 g/mol. The van der Waals surface area contributed by atoms with Gasteiger partial charge in [-0.05, 0) is 52.4 Å². The summed E-state index contributed by atoms with van der Waals surface area (Å²) in [5.74, 6) is 0.554. The zero-order valence-corrected chi connectivity index (χ0v) is 13.2. The minimum atomic E-state index is 0.554. The Balaban J connectivity index is 2.11. The van der Waals surface area contributed by atoms with Gasteiger partial charge in [-0.15, -0.1) is 0 Å². The Morgan fingerprint density at radius 2 is 2.22 bits per heavy atom. The third kappa shape index (κ3) is 4.11. The Morgan fingerprint density at radius 3 is 2.78 bits per heavy atom. The van der Waals surface area contributed by atoms with Crippen molar-refractivity contribution in [1.82, 2.24) is 5.32 Å². The van der Waals surface area contributed by atoms with E-state index >= 15 is 0 Å². The van der Waals surface area contributed by atoms with Gasteiger partial charge in [0.15, 0.2) is 0 Å². The first kappa shape index (κ1) is 14.1. The molecule has 1 aliphatic rings. The normalized spacial score (nSPS) is 16.4. The van der Waals surface area contributed by atoms with Crippen LogP contribution in [0.2, 0.25) is 5.02 Å². The van der Waals surface area contributed by atoms with Crippen LogP contribution in [0.3, 0.4) is 0 Å². The van der Waals surface area contributed by atoms with Crippen LogP contribution in [0, 0.1) is 5.92 Å². The SMILES string of the molecule is CC(C)/C(=C/c1ccc(Br)c(Cl)c1)CNC1CC1. The Kier molecular flexibility index (Phi) is 4.88. The summed E-state index contributed by atoms with van der Waals surface area (Å²) in [6.07, 6.45) is 4.91. The molecule has 0 amide bonds. The topological polar surface area (TPSA) is 12.0 Å². The number of halogens is 2. The van der Waals surface area contributed by atoms with Crippen LogP contribution in [-0.2, 0) is 0 Å². The van der Waals surface area contributed by atoms with Crippen LogP contribution < -0.4 is 5.32 Å². The fraction of sp³-hybridized carbons (Fsp3) is 0.467. The lowest BCUT2D eigenvalue weighted by Gasteiger charge is -2.13. The van der Waals surface area contributed by atoms with E-state index in [0.717, 1.165) is 22.1 Å². The van der Waals surface area contributed by atoms with Crippen molar-refractivity contribution in [3.05, 3.63) is 38.8 Å². The molecule has 1 fully saturated rings. The molecule has 18 heavy (non-hydrogen) atoms. The van der Waals surface area contributed by atoms with Crippen molar-refractivity contribution in [2.45, 2.75) is 32.7 Å². The van der Waals surface area contributed by atoms with Gasteiger partial charge >= 0.3 is 0 Å². The highest BCUT2D eigenvalue weighted by Crippen LogP contribution is 2.25. The van der Waals surface area contributed by atoms with Crippen molar-refractivity contribution < 1.29 is 0 Å². The Hall–Kier alpha value is -0.310. The lowest BCUT2D eigenvalue weighted by molar-refractivity contribution is 0.662. The molecule has 1 N–H and O–H groups in total. The maximum Gasteiger partial charge on any atom is 0.0554 e. The van der Waals surface area contributed by atoms with Crippen molar-refractivity contribution >= 4 is 33.6 Å². The van der Waals surface area contributed by atoms with Gasteiger partial charge in [-0.2, -0.15) is 0 Å². The van der Waals surface area contributed by atoms with E-state index < -0.39 is 0 Å². The molecule has 0 heterocycles. The molecule has 1 aliphatic carbocycles. The zero-order chi connectivity index (χ0) is 13.1. The van der Waals surface area contributed by atoms with E-state index in [1.54, 1.807) is 0 Å². The van der Waals surface area contributed by atoms with Crippen LogP contribution in [0.15, 0.2) is 28.2 Å². The fourth-order valence-electron chi connectivity index (χ4n) is 1.79. The number of rotatable bonds is 5. The molecular weight excluding hydrogens is 310 g/mol. The molecule has 0 aliphatic heterocycles. The number of nitrogens with one attached hydrogen (secondary N) is 1. The average Bonchev–Trinajstić information content (AvgIpc) is 3.12. The highest BCUT2D eigenvalue weighted by atomic mass is 79.9. The van der Waals surface area contributed by atoms with Crippen molar-refractivity contribution in [3.63, 3.8) is 0 Å². The van der Waals surface area contributed by atoms with E-state index in [1.807, 2.05) is 12.1 Å². The summed E-state index contributed by atoms with van der Waals surface area (Å²) >= 11 is 9.54. The summed E-state index contributed by atoms with van der Waals surface area (Å²) in [6.45, 7) is 5.46. The van der Waals surface area contributed by atoms with E-state index in [2.05, 4.69) is 47.2 Å². The van der Waals surface area contributed by atoms with Gasteiger partial charge < -0.3 is 5.32 Å². The van der Waals surface area contributed by atoms with Crippen molar-refractivity contribution in [3.8, 4) is 0 Å². The van der Waals surface area contributed by atoms with Gasteiger partial charge in [-0.1, -0.05) is 43.2 Å². The third-order valence-electron chi connectivity index (χ3n) is 3.21. The van der Waals surface area contributed by atoms with Gasteiger partial charge in [-0.25, -0.2) is 0 Å². The molecule has 1 aromatic rings. The summed E-state index contributed by atoms with van der Waals surface area (Å²) in [5, 5.41) is 4.34. The predicted octanol–water partition coefficient (Wildman–Crippen LogP) is 4.89. The maximum absolute atomic E-state index is 6.12. The quantitative estimate of drug-likeness (QED) is 0.811. The predicted molar refractivity (Wildman–Crippen MR) is 83.0 cm³/mol. The molecular formula is C15H19BrClN. The molecule has 98 valence electrons. The Morgan fingerprint density at radius 1 is 1.50 bits per heavy atom. The highest BCUT2D eigenvalue weighted by molar-refractivity contribution is 9.10. The summed E-state index contributed by atoms with van der Waals surface area (Å²) < 4.78 is 0.948. The van der Waals surface area contributed by atoms with E-state index in [1.165, 1.54) is 24.0 Å². The lowest BCUT2D eigenvalue weighted by atomic mass is 10.00. The summed E-state index contributed by atoms with van der Waals surface area (Å²) in [5.41, 5.74) is 2.60. The zero-order valence-electron chi connectivity index (χ0n) is 10.8. The molecule has 1 saturated carbocycles. The van der Waals surface area contributed by atoms with Crippen LogP contribution in [0.25, 0.3) is 6.08 Å². The van der Waals surface area contributed by atoms with E-state index in [4.69, 9.17) is 11.6 Å². The lowest BCUT2D eigenvalue weighted by Crippen LogP contribution is -2.21. The molecule has 0 aromatic heterocycles. The molecule has 0 saturated heterocycles. The minimum absolute atomic E-state index is 0.554. The minimum Gasteiger partial charge on any atom is -0.310 e. The molecule has 0 unspecified atom stereocenters. The molecule has 1 nitrogen and oxygen atoms in total. The molecule has 0 spiro atoms. The largest absolute Gasteiger partial charge is 0.310 e. The fourth-order valence-corrected chi connectivity index (χ4v) is 2.22. The van der Waals surface area contributed by atoms with Crippen LogP contribution in [0.4, 0.5) is 0 Å². The van der Waals surface area contributed by atoms with Gasteiger partial charge in [0, 0.05) is 17.1 Å². The number of hydrogen-bond acceptors (Lipinski definition) is 1. The smallest absolute Gasteiger partial charge is 0.0554 e. The van der Waals surface area contributed by atoms with Crippen LogP contribution in [-0.4, -0.2) is 12.6 Å². The standard InChI is InChI=1S/C15H19BrClN/c1-10(2)12(9-18-13-4-5-13)7-11-3-6-14(16)15(17)8-11/h3,6-8,10,13,18H,4-5,9H2,1-2H3/b12-7+. The van der Waals surface area contributed by atoms with Gasteiger partial charge in [0.1, 0.15) is 0 Å². The summed E-state index contributed by atoms with van der Waals surface area (Å²) in [6, 6.07) is 6.85. The maximum atomic E-state index is 6.12. The Bertz CT molecular complexity index is 450. The van der Waals surface area contributed by atoms with E-state index in [-0.39, 0.29) is 0 Å². The number of hydrogen-bond donors (Lipinski definition) is 1. The third-order valence-corrected chi connectivity index (χ3v) is 4.44. The van der Waals surface area contributed by atoms with E-state index in [0.29, 0.717) is 5.92 Å². The van der Waals surface area contributed by atoms with Crippen LogP contribution >= 0.6 is 27.5 Å². The summed E-state index contributed by atoms with van der Waals surface area (Å²) in [4.78, 5) is 0. The first-order valence-corrected chi connectivity index (χ1v) is 7.62. The van der Waals surface area contributed by atoms with Crippen molar-refractivity contribution in [1.29, 1.82) is 0 Å². The van der Waals surface area contributed by atoms with Crippen molar-refractivity contribution in [2.75, 3.05) is 6.54 Å². The van der Waals surface area contributed by atoms with Gasteiger partial charge in [0.25, 0.3) is 0 Å². The van der Waals surface area contributed by atoms with Gasteiger partial charge in [-0.3, -0.25) is 0 Å². The van der Waals surface area contributed by atoms with E-state index in [9.17, 15) is 0 Å². The second-order valence-electron chi connectivity index (χ2n) is 5.20. The van der Waals surface area contributed by atoms with Gasteiger partial charge in [0.2, 0.25) is 0 Å². The van der Waals surface area contributed by atoms with Crippen LogP contribution in [0.5, 0.6) is 0 Å². The molecule has 3 heteroatoms. The second kappa shape index (κ2) is 6.23. The average molecular weight is 329 g/mol. The second-order valence-corrected chi connectivity index (χ2v) is 6.46. The summed E-state index contributed by atoms with van der Waals surface area (Å²) in [7, 11) is 0. The van der Waals surface area contributed by atoms with Gasteiger partial charge in [0.05, 0.1) is 5.02 Å². The van der Waals surface area contributed by atoms with Crippen molar-refractivity contribution in [2.24, 2.45) is 5.92 Å².